The van der Waals surface area contributed by atoms with Gasteiger partial charge in [0.05, 0.1) is 13.2 Å². The maximum Gasteiger partial charge on any atom is 0.192 e. The molecule has 0 spiro atoms. The highest BCUT2D eigenvalue weighted by atomic mass is 16.9. The molecule has 2 aliphatic heterocycles. The number of aliphatic hydroxyl groups is 1. The van der Waals surface area contributed by atoms with Crippen LogP contribution in [0.5, 0.6) is 0 Å². The summed E-state index contributed by atoms with van der Waals surface area (Å²) < 4.78 is 15.8. The predicted octanol–water partition coefficient (Wildman–Crippen LogP) is 0.777. The first kappa shape index (κ1) is 9.30. The van der Waals surface area contributed by atoms with Crippen LogP contribution in [0.4, 0.5) is 0 Å². The lowest BCUT2D eigenvalue weighted by Gasteiger charge is -2.21. The first-order valence-corrected chi connectivity index (χ1v) is 4.98. The molecule has 0 amide bonds. The summed E-state index contributed by atoms with van der Waals surface area (Å²) in [6.45, 7) is 0.548. The van der Waals surface area contributed by atoms with Crippen LogP contribution < -0.4 is 0 Å². The van der Waals surface area contributed by atoms with Crippen molar-refractivity contribution in [1.29, 1.82) is 0 Å². The fourth-order valence-electron chi connectivity index (χ4n) is 1.66. The molecule has 0 radical (unpaired) electrons. The van der Waals surface area contributed by atoms with E-state index in [2.05, 4.69) is 0 Å². The SMILES string of the molecule is OCc1cccc(COC2OC3OC23)c1. The van der Waals surface area contributed by atoms with Crippen molar-refractivity contribution in [2.45, 2.75) is 31.9 Å². The van der Waals surface area contributed by atoms with Crippen LogP contribution in [0.15, 0.2) is 24.3 Å². The summed E-state index contributed by atoms with van der Waals surface area (Å²) in [6.07, 6.45) is -0.0439. The molecule has 4 heteroatoms. The van der Waals surface area contributed by atoms with Crippen LogP contribution >= 0.6 is 0 Å². The quantitative estimate of drug-likeness (QED) is 0.743. The number of ether oxygens (including phenoxy) is 3. The highest BCUT2D eigenvalue weighted by molar-refractivity contribution is 5.22. The van der Waals surface area contributed by atoms with Gasteiger partial charge in [0.1, 0.15) is 0 Å². The molecule has 3 unspecified atom stereocenters. The van der Waals surface area contributed by atoms with Gasteiger partial charge in [-0.25, -0.2) is 0 Å². The Morgan fingerprint density at radius 3 is 2.80 bits per heavy atom. The summed E-state index contributed by atoms with van der Waals surface area (Å²) in [5.74, 6) is 0. The normalized spacial score (nSPS) is 31.9. The van der Waals surface area contributed by atoms with Gasteiger partial charge in [-0.2, -0.15) is 0 Å². The Morgan fingerprint density at radius 1 is 1.27 bits per heavy atom. The van der Waals surface area contributed by atoms with E-state index in [0.29, 0.717) is 6.61 Å². The zero-order valence-electron chi connectivity index (χ0n) is 8.13. The van der Waals surface area contributed by atoms with Crippen molar-refractivity contribution in [2.75, 3.05) is 0 Å². The minimum absolute atomic E-state index is 0.00113. The molecule has 4 nitrogen and oxygen atoms in total. The van der Waals surface area contributed by atoms with Crippen LogP contribution in [0.3, 0.4) is 0 Å². The van der Waals surface area contributed by atoms with Crippen molar-refractivity contribution >= 4 is 0 Å². The van der Waals surface area contributed by atoms with Crippen molar-refractivity contribution in [3.63, 3.8) is 0 Å². The van der Waals surface area contributed by atoms with E-state index in [-0.39, 0.29) is 25.3 Å². The summed E-state index contributed by atoms with van der Waals surface area (Å²) >= 11 is 0. The number of hydrogen-bond donors (Lipinski definition) is 1. The van der Waals surface area contributed by atoms with Gasteiger partial charge >= 0.3 is 0 Å². The predicted molar refractivity (Wildman–Crippen MR) is 50.7 cm³/mol. The highest BCUT2D eigenvalue weighted by Crippen LogP contribution is 2.40. The van der Waals surface area contributed by atoms with Gasteiger partial charge in [-0.15, -0.1) is 0 Å². The first-order chi connectivity index (χ1) is 7.36. The van der Waals surface area contributed by atoms with Gasteiger partial charge in [0.15, 0.2) is 18.7 Å². The van der Waals surface area contributed by atoms with Crippen LogP contribution in [0, 0.1) is 0 Å². The Morgan fingerprint density at radius 2 is 2.13 bits per heavy atom. The minimum Gasteiger partial charge on any atom is -0.392 e. The lowest BCUT2D eigenvalue weighted by molar-refractivity contribution is -0.207. The molecule has 2 fully saturated rings. The monoisotopic (exact) mass is 208 g/mol. The van der Waals surface area contributed by atoms with E-state index in [1.54, 1.807) is 0 Å². The minimum atomic E-state index is -0.201. The third kappa shape index (κ3) is 1.77. The van der Waals surface area contributed by atoms with Crippen LogP contribution in [0.25, 0.3) is 0 Å². The molecular weight excluding hydrogens is 196 g/mol. The van der Waals surface area contributed by atoms with E-state index in [1.807, 2.05) is 24.3 Å². The van der Waals surface area contributed by atoms with E-state index in [1.165, 1.54) is 0 Å². The molecular formula is C11H12O4. The second-order valence-electron chi connectivity index (χ2n) is 3.76. The average Bonchev–Trinajstić information content (AvgIpc) is 2.90. The molecule has 15 heavy (non-hydrogen) atoms. The molecule has 2 saturated heterocycles. The van der Waals surface area contributed by atoms with Crippen molar-refractivity contribution in [2.24, 2.45) is 0 Å². The summed E-state index contributed by atoms with van der Waals surface area (Å²) in [6, 6.07) is 7.67. The zero-order chi connectivity index (χ0) is 10.3. The van der Waals surface area contributed by atoms with Crippen molar-refractivity contribution in [3.8, 4) is 0 Å². The molecule has 1 N–H and O–H groups in total. The molecule has 1 aromatic rings. The highest BCUT2D eigenvalue weighted by Gasteiger charge is 2.59. The molecule has 3 rings (SSSR count). The third-order valence-corrected chi connectivity index (χ3v) is 2.61. The Labute approximate surface area is 87.4 Å². The average molecular weight is 208 g/mol. The fourth-order valence-corrected chi connectivity index (χ4v) is 1.66. The number of fused-ring (bicyclic) bond motifs is 1. The topological polar surface area (TPSA) is 51.2 Å². The second-order valence-corrected chi connectivity index (χ2v) is 3.76. The van der Waals surface area contributed by atoms with Crippen molar-refractivity contribution in [3.05, 3.63) is 35.4 Å². The summed E-state index contributed by atoms with van der Waals surface area (Å²) in [7, 11) is 0. The van der Waals surface area contributed by atoms with Crippen molar-refractivity contribution in [1.82, 2.24) is 0 Å². The molecule has 0 aromatic heterocycles. The van der Waals surface area contributed by atoms with Gasteiger partial charge in [-0.05, 0) is 11.1 Å². The lowest BCUT2D eigenvalue weighted by Crippen LogP contribution is -2.35. The van der Waals surface area contributed by atoms with Crippen LogP contribution in [-0.4, -0.2) is 23.8 Å². The van der Waals surface area contributed by atoms with E-state index in [0.717, 1.165) is 11.1 Å². The molecule has 3 atom stereocenters. The Kier molecular flexibility index (Phi) is 2.21. The van der Waals surface area contributed by atoms with Gasteiger partial charge in [0, 0.05) is 0 Å². The van der Waals surface area contributed by atoms with Gasteiger partial charge in [0.25, 0.3) is 0 Å². The zero-order valence-corrected chi connectivity index (χ0v) is 8.13. The van der Waals surface area contributed by atoms with E-state index in [4.69, 9.17) is 19.3 Å². The largest absolute Gasteiger partial charge is 0.392 e. The van der Waals surface area contributed by atoms with Crippen molar-refractivity contribution < 1.29 is 19.3 Å². The molecule has 2 aliphatic rings. The summed E-state index contributed by atoms with van der Waals surface area (Å²) in [4.78, 5) is 0. The molecule has 0 saturated carbocycles. The molecule has 2 heterocycles. The second kappa shape index (κ2) is 3.57. The Balaban J connectivity index is 1.56. The van der Waals surface area contributed by atoms with Crippen LogP contribution in [0.1, 0.15) is 11.1 Å². The number of aliphatic hydroxyl groups excluding tert-OH is 1. The smallest absolute Gasteiger partial charge is 0.192 e. The fraction of sp³-hybridized carbons (Fsp3) is 0.455. The van der Waals surface area contributed by atoms with Gasteiger partial charge in [0.2, 0.25) is 0 Å². The third-order valence-electron chi connectivity index (χ3n) is 2.61. The summed E-state index contributed by atoms with van der Waals surface area (Å²) in [5.41, 5.74) is 1.93. The molecule has 0 bridgehead atoms. The summed E-state index contributed by atoms with van der Waals surface area (Å²) in [5, 5.41) is 8.96. The van der Waals surface area contributed by atoms with Gasteiger partial charge in [-0.3, -0.25) is 0 Å². The number of epoxide rings is 1. The maximum absolute atomic E-state index is 8.96. The first-order valence-electron chi connectivity index (χ1n) is 4.98. The van der Waals surface area contributed by atoms with E-state index >= 15 is 0 Å². The number of rotatable bonds is 4. The molecule has 1 aromatic carbocycles. The van der Waals surface area contributed by atoms with E-state index in [9.17, 15) is 0 Å². The maximum atomic E-state index is 8.96. The number of benzene rings is 1. The molecule has 80 valence electrons. The standard InChI is InChI=1S/C11H12O4/c12-5-7-2-1-3-8(4-7)6-13-10-9-11(14-9)15-10/h1-4,9-12H,5-6H2. The Hall–Kier alpha value is -0.940. The van der Waals surface area contributed by atoms with Crippen LogP contribution in [-0.2, 0) is 27.4 Å². The lowest BCUT2D eigenvalue weighted by atomic mass is 10.1. The van der Waals surface area contributed by atoms with Gasteiger partial charge < -0.3 is 19.3 Å². The van der Waals surface area contributed by atoms with E-state index < -0.39 is 0 Å². The Bertz CT molecular complexity index is 365. The molecule has 0 aliphatic carbocycles. The number of hydrogen-bond acceptors (Lipinski definition) is 4. The van der Waals surface area contributed by atoms with Crippen LogP contribution in [0.2, 0.25) is 0 Å². The van der Waals surface area contributed by atoms with Gasteiger partial charge in [-0.1, -0.05) is 24.3 Å².